The molecule has 5 heteroatoms. The number of rotatable bonds is 3. The number of carbonyl (C=O) groups is 1. The molecule has 1 aromatic rings. The third-order valence-electron chi connectivity index (χ3n) is 2.32. The average molecular weight is 193 g/mol. The summed E-state index contributed by atoms with van der Waals surface area (Å²) in [6.07, 6.45) is 7.51. The third kappa shape index (κ3) is 1.66. The highest BCUT2D eigenvalue weighted by atomic mass is 16.4. The number of carboxylic acid groups (broad SMARTS) is 1. The van der Waals surface area contributed by atoms with E-state index in [2.05, 4.69) is 22.3 Å². The van der Waals surface area contributed by atoms with E-state index in [1.807, 2.05) is 0 Å². The van der Waals surface area contributed by atoms with Gasteiger partial charge in [0.05, 0.1) is 0 Å². The number of allylic oxidation sites excluding steroid dienone is 2. The lowest BCUT2D eigenvalue weighted by Crippen LogP contribution is -2.13. The molecule has 1 heterocycles. The van der Waals surface area contributed by atoms with E-state index >= 15 is 0 Å². The fourth-order valence-corrected chi connectivity index (χ4v) is 1.68. The second-order valence-electron chi connectivity index (χ2n) is 3.35. The molecule has 0 aliphatic heterocycles. The largest absolute Gasteiger partial charge is 0.480 e. The zero-order valence-electron chi connectivity index (χ0n) is 7.63. The summed E-state index contributed by atoms with van der Waals surface area (Å²) in [6, 6.07) is 0. The molecule has 1 aromatic heterocycles. The standard InChI is InChI=1S/C9H11N3O2/c13-8(14)5-12-6-10-11-9(12)7-3-1-2-4-7/h1-2,6-7H,3-5H2,(H,13,14). The number of hydrogen-bond donors (Lipinski definition) is 1. The van der Waals surface area contributed by atoms with Crippen LogP contribution in [0.15, 0.2) is 18.5 Å². The van der Waals surface area contributed by atoms with Gasteiger partial charge < -0.3 is 9.67 Å². The van der Waals surface area contributed by atoms with Gasteiger partial charge in [0.1, 0.15) is 18.7 Å². The highest BCUT2D eigenvalue weighted by Gasteiger charge is 2.19. The van der Waals surface area contributed by atoms with Crippen molar-refractivity contribution in [1.82, 2.24) is 14.8 Å². The maximum Gasteiger partial charge on any atom is 0.323 e. The van der Waals surface area contributed by atoms with Crippen LogP contribution in [0.25, 0.3) is 0 Å². The summed E-state index contributed by atoms with van der Waals surface area (Å²) in [5.74, 6) is 0.214. The number of carboxylic acids is 1. The van der Waals surface area contributed by atoms with E-state index in [0.717, 1.165) is 18.7 Å². The van der Waals surface area contributed by atoms with Crippen molar-refractivity contribution in [3.63, 3.8) is 0 Å². The van der Waals surface area contributed by atoms with Gasteiger partial charge in [0.25, 0.3) is 0 Å². The maximum absolute atomic E-state index is 10.5. The Morgan fingerprint density at radius 3 is 2.93 bits per heavy atom. The van der Waals surface area contributed by atoms with Crippen molar-refractivity contribution in [2.75, 3.05) is 0 Å². The minimum Gasteiger partial charge on any atom is -0.480 e. The first kappa shape index (κ1) is 8.93. The molecule has 74 valence electrons. The fourth-order valence-electron chi connectivity index (χ4n) is 1.68. The first-order valence-electron chi connectivity index (χ1n) is 4.52. The van der Waals surface area contributed by atoms with E-state index in [0.29, 0.717) is 5.92 Å². The van der Waals surface area contributed by atoms with Crippen molar-refractivity contribution in [3.8, 4) is 0 Å². The van der Waals surface area contributed by atoms with Gasteiger partial charge in [-0.25, -0.2) is 0 Å². The summed E-state index contributed by atoms with van der Waals surface area (Å²) < 4.78 is 1.60. The molecule has 5 nitrogen and oxygen atoms in total. The Bertz CT molecular complexity index is 362. The van der Waals surface area contributed by atoms with E-state index in [-0.39, 0.29) is 6.54 Å². The summed E-state index contributed by atoms with van der Waals surface area (Å²) in [4.78, 5) is 10.5. The van der Waals surface area contributed by atoms with Crippen LogP contribution >= 0.6 is 0 Å². The van der Waals surface area contributed by atoms with Gasteiger partial charge in [0, 0.05) is 5.92 Å². The molecule has 0 radical (unpaired) electrons. The molecule has 0 atom stereocenters. The predicted octanol–water partition coefficient (Wildman–Crippen LogP) is 0.796. The van der Waals surface area contributed by atoms with Crippen molar-refractivity contribution in [2.24, 2.45) is 0 Å². The van der Waals surface area contributed by atoms with Crippen molar-refractivity contribution < 1.29 is 9.90 Å². The Balaban J connectivity index is 2.16. The summed E-state index contributed by atoms with van der Waals surface area (Å²) >= 11 is 0. The monoisotopic (exact) mass is 193 g/mol. The van der Waals surface area contributed by atoms with E-state index < -0.39 is 5.97 Å². The Labute approximate surface area is 81.1 Å². The predicted molar refractivity (Wildman–Crippen MR) is 48.8 cm³/mol. The van der Waals surface area contributed by atoms with Crippen LogP contribution in [0.1, 0.15) is 24.6 Å². The molecular weight excluding hydrogens is 182 g/mol. The molecule has 0 saturated heterocycles. The van der Waals surface area contributed by atoms with Crippen LogP contribution in [0.3, 0.4) is 0 Å². The van der Waals surface area contributed by atoms with Crippen LogP contribution in [0, 0.1) is 0 Å². The van der Waals surface area contributed by atoms with Crippen molar-refractivity contribution in [2.45, 2.75) is 25.3 Å². The quantitative estimate of drug-likeness (QED) is 0.721. The van der Waals surface area contributed by atoms with Crippen molar-refractivity contribution in [3.05, 3.63) is 24.3 Å². The maximum atomic E-state index is 10.5. The molecule has 14 heavy (non-hydrogen) atoms. The normalized spacial score (nSPS) is 16.3. The first-order chi connectivity index (χ1) is 6.77. The van der Waals surface area contributed by atoms with Crippen LogP contribution < -0.4 is 0 Å². The molecule has 0 bridgehead atoms. The van der Waals surface area contributed by atoms with E-state index in [4.69, 9.17) is 5.11 Å². The Morgan fingerprint density at radius 1 is 1.57 bits per heavy atom. The summed E-state index contributed by atoms with van der Waals surface area (Å²) in [5, 5.41) is 16.4. The molecule has 1 aliphatic rings. The summed E-state index contributed by atoms with van der Waals surface area (Å²) in [6.45, 7) is -0.0567. The van der Waals surface area contributed by atoms with Crippen LogP contribution in [-0.4, -0.2) is 25.8 Å². The lowest BCUT2D eigenvalue weighted by Gasteiger charge is -2.08. The van der Waals surface area contributed by atoms with E-state index in [1.165, 1.54) is 6.33 Å². The van der Waals surface area contributed by atoms with Gasteiger partial charge in [-0.2, -0.15) is 0 Å². The van der Waals surface area contributed by atoms with E-state index in [1.54, 1.807) is 4.57 Å². The summed E-state index contributed by atoms with van der Waals surface area (Å²) in [5.41, 5.74) is 0. The third-order valence-corrected chi connectivity index (χ3v) is 2.32. The zero-order chi connectivity index (χ0) is 9.97. The summed E-state index contributed by atoms with van der Waals surface area (Å²) in [7, 11) is 0. The highest BCUT2D eigenvalue weighted by molar-refractivity contribution is 5.66. The van der Waals surface area contributed by atoms with Gasteiger partial charge in [-0.05, 0) is 12.8 Å². The Morgan fingerprint density at radius 2 is 2.29 bits per heavy atom. The molecular formula is C9H11N3O2. The minimum atomic E-state index is -0.864. The highest BCUT2D eigenvalue weighted by Crippen LogP contribution is 2.27. The lowest BCUT2D eigenvalue weighted by atomic mass is 10.1. The van der Waals surface area contributed by atoms with E-state index in [9.17, 15) is 4.79 Å². The molecule has 2 rings (SSSR count). The van der Waals surface area contributed by atoms with Crippen LogP contribution in [0.2, 0.25) is 0 Å². The molecule has 0 saturated carbocycles. The second-order valence-corrected chi connectivity index (χ2v) is 3.35. The van der Waals surface area contributed by atoms with Gasteiger partial charge in [0.2, 0.25) is 0 Å². The van der Waals surface area contributed by atoms with Crippen LogP contribution in [0.5, 0.6) is 0 Å². The number of aliphatic carboxylic acids is 1. The fraction of sp³-hybridized carbons (Fsp3) is 0.444. The molecule has 0 spiro atoms. The SMILES string of the molecule is O=C(O)Cn1cnnc1C1CC=CC1. The van der Waals surface area contributed by atoms with Crippen LogP contribution in [0.4, 0.5) is 0 Å². The minimum absolute atomic E-state index is 0.0567. The van der Waals surface area contributed by atoms with Crippen LogP contribution in [-0.2, 0) is 11.3 Å². The second kappa shape index (κ2) is 3.61. The number of aromatic nitrogens is 3. The molecule has 1 N–H and O–H groups in total. The molecule has 1 aliphatic carbocycles. The Kier molecular flexibility index (Phi) is 2.30. The van der Waals surface area contributed by atoms with Gasteiger partial charge in [-0.15, -0.1) is 10.2 Å². The lowest BCUT2D eigenvalue weighted by molar-refractivity contribution is -0.137. The van der Waals surface area contributed by atoms with Crippen molar-refractivity contribution in [1.29, 1.82) is 0 Å². The topological polar surface area (TPSA) is 68.0 Å². The molecule has 0 amide bonds. The van der Waals surface area contributed by atoms with Gasteiger partial charge in [-0.3, -0.25) is 4.79 Å². The van der Waals surface area contributed by atoms with Gasteiger partial charge in [0.15, 0.2) is 0 Å². The van der Waals surface area contributed by atoms with Gasteiger partial charge >= 0.3 is 5.97 Å². The van der Waals surface area contributed by atoms with Crippen molar-refractivity contribution >= 4 is 5.97 Å². The average Bonchev–Trinajstić information content (AvgIpc) is 2.70. The molecule has 0 aromatic carbocycles. The Hall–Kier alpha value is -1.65. The van der Waals surface area contributed by atoms with Gasteiger partial charge in [-0.1, -0.05) is 12.2 Å². The zero-order valence-corrected chi connectivity index (χ0v) is 7.63. The smallest absolute Gasteiger partial charge is 0.323 e. The molecule has 0 fully saturated rings. The first-order valence-corrected chi connectivity index (χ1v) is 4.52. The molecule has 0 unspecified atom stereocenters. The number of hydrogen-bond acceptors (Lipinski definition) is 3. The number of nitrogens with zero attached hydrogens (tertiary/aromatic N) is 3.